The summed E-state index contributed by atoms with van der Waals surface area (Å²) in [4.78, 5) is 68.7. The third-order valence-corrected chi connectivity index (χ3v) is 6.96. The molecule has 3 atom stereocenters. The van der Waals surface area contributed by atoms with Crippen molar-refractivity contribution in [1.82, 2.24) is 20.2 Å². The number of benzene rings is 3. The molecule has 4 rings (SSSR count). The van der Waals surface area contributed by atoms with E-state index in [9.17, 15) is 29.1 Å². The van der Waals surface area contributed by atoms with E-state index in [0.29, 0.717) is 11.1 Å². The fourth-order valence-electron chi connectivity index (χ4n) is 4.89. The van der Waals surface area contributed by atoms with E-state index in [2.05, 4.69) is 15.6 Å². The van der Waals surface area contributed by atoms with Crippen LogP contribution in [0.2, 0.25) is 0 Å². The molecule has 0 aliphatic heterocycles. The number of rotatable bonds is 12. The van der Waals surface area contributed by atoms with Crippen LogP contribution in [-0.2, 0) is 27.2 Å². The first-order chi connectivity index (χ1) is 20.1. The van der Waals surface area contributed by atoms with Gasteiger partial charge in [0.05, 0.1) is 10.9 Å². The normalized spacial score (nSPS) is 13.3. The minimum absolute atomic E-state index is 0.00121. The summed E-state index contributed by atoms with van der Waals surface area (Å²) in [5.41, 5.74) is 0.367. The Labute approximate surface area is 242 Å². The monoisotopic (exact) mass is 570 g/mol. The predicted molar refractivity (Wildman–Crippen MR) is 159 cm³/mol. The van der Waals surface area contributed by atoms with E-state index in [4.69, 9.17) is 0 Å². The first kappa shape index (κ1) is 30.0. The van der Waals surface area contributed by atoms with Gasteiger partial charge in [-0.25, -0.2) is 14.2 Å². The van der Waals surface area contributed by atoms with Crippen LogP contribution in [0.1, 0.15) is 37.4 Å². The maximum absolute atomic E-state index is 14.0. The largest absolute Gasteiger partial charge is 0.480 e. The van der Waals surface area contributed by atoms with Gasteiger partial charge in [-0.15, -0.1) is 0 Å². The molecule has 0 spiro atoms. The molecule has 0 aliphatic rings. The second-order valence-corrected chi connectivity index (χ2v) is 10.6. The lowest BCUT2D eigenvalue weighted by Crippen LogP contribution is -2.55. The Bertz CT molecular complexity index is 1660. The van der Waals surface area contributed by atoms with E-state index in [0.717, 1.165) is 10.1 Å². The number of carbonyl (C=O) groups is 3. The summed E-state index contributed by atoms with van der Waals surface area (Å²) in [5.74, 6) is -2.60. The Kier molecular flexibility index (Phi) is 9.69. The van der Waals surface area contributed by atoms with Crippen LogP contribution >= 0.6 is 0 Å². The summed E-state index contributed by atoms with van der Waals surface area (Å²) >= 11 is 0. The van der Waals surface area contributed by atoms with Gasteiger partial charge in [0, 0.05) is 12.8 Å². The fraction of sp³-hybridized carbons (Fsp3) is 0.281. The zero-order valence-electron chi connectivity index (χ0n) is 23.4. The van der Waals surface area contributed by atoms with Crippen LogP contribution in [-0.4, -0.2) is 44.5 Å². The average Bonchev–Trinajstić information content (AvgIpc) is 2.96. The summed E-state index contributed by atoms with van der Waals surface area (Å²) in [6, 6.07) is 20.8. The van der Waals surface area contributed by atoms with Gasteiger partial charge >= 0.3 is 11.7 Å². The molecule has 1 heterocycles. The number of amides is 2. The van der Waals surface area contributed by atoms with Gasteiger partial charge < -0.3 is 20.7 Å². The topological polar surface area (TPSA) is 150 Å². The number of aromatic amines is 1. The zero-order valence-corrected chi connectivity index (χ0v) is 23.4. The number of nitrogens with one attached hydrogen (secondary N) is 3. The number of hydrogen-bond donors (Lipinski definition) is 4. The number of H-pyrrole nitrogens is 1. The first-order valence-corrected chi connectivity index (χ1v) is 13.8. The van der Waals surface area contributed by atoms with Crippen LogP contribution in [0.25, 0.3) is 10.9 Å². The van der Waals surface area contributed by atoms with E-state index in [1.807, 2.05) is 26.0 Å². The number of para-hydroxylation sites is 1. The molecular formula is C32H34N4O6. The van der Waals surface area contributed by atoms with Crippen LogP contribution in [0.15, 0.2) is 94.5 Å². The number of carbonyl (C=O) groups excluding carboxylic acids is 2. The molecule has 0 fully saturated rings. The van der Waals surface area contributed by atoms with Crippen molar-refractivity contribution in [2.45, 2.75) is 51.2 Å². The molecule has 3 aromatic carbocycles. The highest BCUT2D eigenvalue weighted by molar-refractivity contribution is 5.92. The Balaban J connectivity index is 1.73. The third-order valence-electron chi connectivity index (χ3n) is 6.96. The predicted octanol–water partition coefficient (Wildman–Crippen LogP) is 2.82. The zero-order chi connectivity index (χ0) is 30.2. The molecule has 0 saturated carbocycles. The van der Waals surface area contributed by atoms with Crippen LogP contribution < -0.4 is 21.9 Å². The van der Waals surface area contributed by atoms with Gasteiger partial charge in [0.1, 0.15) is 18.1 Å². The smallest absolute Gasteiger partial charge is 0.329 e. The van der Waals surface area contributed by atoms with Gasteiger partial charge in [0.2, 0.25) is 11.8 Å². The summed E-state index contributed by atoms with van der Waals surface area (Å²) in [7, 11) is 0. The quantitative estimate of drug-likeness (QED) is 0.206. The molecule has 218 valence electrons. The molecule has 10 nitrogen and oxygen atoms in total. The van der Waals surface area contributed by atoms with Gasteiger partial charge in [-0.05, 0) is 35.6 Å². The minimum atomic E-state index is -1.30. The van der Waals surface area contributed by atoms with Gasteiger partial charge in [-0.3, -0.25) is 14.4 Å². The van der Waals surface area contributed by atoms with E-state index in [1.165, 1.54) is 0 Å². The summed E-state index contributed by atoms with van der Waals surface area (Å²) in [6.07, 6.45) is 0.262. The molecule has 10 heteroatoms. The van der Waals surface area contributed by atoms with Crippen molar-refractivity contribution in [1.29, 1.82) is 0 Å². The van der Waals surface area contributed by atoms with Crippen molar-refractivity contribution >= 4 is 28.7 Å². The van der Waals surface area contributed by atoms with Gasteiger partial charge in [0.15, 0.2) is 0 Å². The van der Waals surface area contributed by atoms with Crippen molar-refractivity contribution < 1.29 is 19.5 Å². The molecule has 0 saturated heterocycles. The number of nitrogens with zero attached hydrogens (tertiary/aromatic N) is 1. The Morgan fingerprint density at radius 2 is 1.31 bits per heavy atom. The number of aliphatic carboxylic acids is 1. The molecule has 4 N–H and O–H groups in total. The van der Waals surface area contributed by atoms with Crippen LogP contribution in [0.3, 0.4) is 0 Å². The average molecular weight is 571 g/mol. The van der Waals surface area contributed by atoms with Gasteiger partial charge in [0.25, 0.3) is 5.56 Å². The third kappa shape index (κ3) is 7.39. The lowest BCUT2D eigenvalue weighted by molar-refractivity contribution is -0.142. The number of carboxylic acid groups (broad SMARTS) is 1. The minimum Gasteiger partial charge on any atom is -0.480 e. The van der Waals surface area contributed by atoms with Crippen molar-refractivity contribution in [3.05, 3.63) is 117 Å². The van der Waals surface area contributed by atoms with E-state index >= 15 is 0 Å². The van der Waals surface area contributed by atoms with E-state index in [-0.39, 0.29) is 30.6 Å². The molecule has 1 aromatic heterocycles. The lowest BCUT2D eigenvalue weighted by Gasteiger charge is -2.25. The highest BCUT2D eigenvalue weighted by atomic mass is 16.4. The molecule has 0 radical (unpaired) electrons. The molecule has 42 heavy (non-hydrogen) atoms. The number of carboxylic acids is 1. The second-order valence-electron chi connectivity index (χ2n) is 10.6. The number of fused-ring (bicyclic) bond motifs is 1. The standard InChI is InChI=1S/C32H34N4O6/c1-20(2)17-26(31(40)41)34-28(37)25(18-21-11-5-3-6-12-21)33-29(38)27(19-22-13-7-4-8-14-22)36-30(39)23-15-9-10-16-24(23)35-32(36)42/h3-16,20,25-27H,17-19H2,1-2H3,(H,33,38)(H,34,37)(H,35,42)(H,40,41)/t25-,26-,27+/m0/s1. The fourth-order valence-corrected chi connectivity index (χ4v) is 4.89. The summed E-state index contributed by atoms with van der Waals surface area (Å²) in [6.45, 7) is 3.69. The Morgan fingerprint density at radius 3 is 1.90 bits per heavy atom. The number of aromatic nitrogens is 2. The van der Waals surface area contributed by atoms with Crippen molar-refractivity contribution in [2.24, 2.45) is 5.92 Å². The van der Waals surface area contributed by atoms with Gasteiger partial charge in [-0.1, -0.05) is 86.6 Å². The molecule has 0 unspecified atom stereocenters. The van der Waals surface area contributed by atoms with Crippen LogP contribution in [0.4, 0.5) is 0 Å². The Morgan fingerprint density at radius 1 is 0.762 bits per heavy atom. The van der Waals surface area contributed by atoms with Crippen molar-refractivity contribution in [2.75, 3.05) is 0 Å². The highest BCUT2D eigenvalue weighted by Gasteiger charge is 2.31. The van der Waals surface area contributed by atoms with Crippen LogP contribution in [0, 0.1) is 5.92 Å². The van der Waals surface area contributed by atoms with Crippen molar-refractivity contribution in [3.8, 4) is 0 Å². The molecular weight excluding hydrogens is 536 g/mol. The van der Waals surface area contributed by atoms with Crippen molar-refractivity contribution in [3.63, 3.8) is 0 Å². The van der Waals surface area contributed by atoms with Gasteiger partial charge in [-0.2, -0.15) is 0 Å². The summed E-state index contributed by atoms with van der Waals surface area (Å²) in [5, 5.41) is 15.2. The molecule has 4 aromatic rings. The number of hydrogen-bond acceptors (Lipinski definition) is 5. The highest BCUT2D eigenvalue weighted by Crippen LogP contribution is 2.15. The van der Waals surface area contributed by atoms with Crippen LogP contribution in [0.5, 0.6) is 0 Å². The second kappa shape index (κ2) is 13.6. The molecule has 0 bridgehead atoms. The summed E-state index contributed by atoms with van der Waals surface area (Å²) < 4.78 is 0.876. The first-order valence-electron chi connectivity index (χ1n) is 13.8. The van der Waals surface area contributed by atoms with E-state index < -0.39 is 47.2 Å². The molecule has 0 aliphatic carbocycles. The Hall–Kier alpha value is -4.99. The SMILES string of the molecule is CC(C)C[C@H](NC(=O)[C@H](Cc1ccccc1)NC(=O)[C@@H](Cc1ccccc1)n1c(=O)[nH]c2ccccc2c1=O)C(=O)O. The lowest BCUT2D eigenvalue weighted by atomic mass is 10.0. The maximum atomic E-state index is 14.0. The maximum Gasteiger partial charge on any atom is 0.329 e. The van der Waals surface area contributed by atoms with E-state index in [1.54, 1.807) is 72.8 Å². The molecule has 2 amide bonds.